The zero-order chi connectivity index (χ0) is 7.11. The van der Waals surface area contributed by atoms with Gasteiger partial charge in [-0.3, -0.25) is 9.59 Å². The van der Waals surface area contributed by atoms with Crippen molar-refractivity contribution in [2.24, 2.45) is 0 Å². The van der Waals surface area contributed by atoms with Crippen LogP contribution in [-0.4, -0.2) is 18.7 Å². The van der Waals surface area contributed by atoms with E-state index in [1.54, 1.807) is 0 Å². The Kier molecular flexibility index (Phi) is 4.40. The highest BCUT2D eigenvalue weighted by Gasteiger charge is 1.86. The summed E-state index contributed by atoms with van der Waals surface area (Å²) >= 11 is 0. The quantitative estimate of drug-likeness (QED) is 0.424. The van der Waals surface area contributed by atoms with E-state index in [1.165, 1.54) is 6.08 Å². The fraction of sp³-hybridized carbons (Fsp3) is 0.333. The van der Waals surface area contributed by atoms with E-state index in [0.29, 0.717) is 12.8 Å². The molecule has 0 spiro atoms. The number of likely N-dealkylation sites (N-methyl/N-ethyl adjacent to an activating group) is 1. The van der Waals surface area contributed by atoms with E-state index >= 15 is 0 Å². The monoisotopic (exact) mass is 127 g/mol. The first kappa shape index (κ1) is 7.88. The minimum absolute atomic E-state index is 0.232. The summed E-state index contributed by atoms with van der Waals surface area (Å²) < 4.78 is 0. The highest BCUT2D eigenvalue weighted by atomic mass is 16.1. The van der Waals surface area contributed by atoms with Crippen molar-refractivity contribution in [1.82, 2.24) is 5.32 Å². The third-order valence-electron chi connectivity index (χ3n) is 0.677. The lowest BCUT2D eigenvalue weighted by molar-refractivity contribution is -0.116. The second-order valence-corrected chi connectivity index (χ2v) is 1.39. The molecule has 0 aromatic heterocycles. The van der Waals surface area contributed by atoms with Gasteiger partial charge in [0.2, 0.25) is 5.91 Å². The number of hydrogen-bond acceptors (Lipinski definition) is 2. The van der Waals surface area contributed by atoms with Crippen molar-refractivity contribution in [2.45, 2.75) is 6.92 Å². The minimum Gasteiger partial charge on any atom is -0.353 e. The number of rotatable bonds is 3. The fourth-order valence-corrected chi connectivity index (χ4v) is 0.360. The second kappa shape index (κ2) is 5.03. The Hall–Kier alpha value is -1.12. The van der Waals surface area contributed by atoms with Gasteiger partial charge in [-0.05, 0) is 13.0 Å². The molecule has 0 aliphatic carbocycles. The van der Waals surface area contributed by atoms with Gasteiger partial charge in [0.25, 0.3) is 0 Å². The molecule has 0 fully saturated rings. The highest BCUT2D eigenvalue weighted by Crippen LogP contribution is 1.67. The molecular weight excluding hydrogens is 118 g/mol. The van der Waals surface area contributed by atoms with E-state index in [0.717, 1.165) is 6.08 Å². The van der Waals surface area contributed by atoms with Crippen LogP contribution in [0.15, 0.2) is 12.2 Å². The summed E-state index contributed by atoms with van der Waals surface area (Å²) in [5.74, 6) is -0.232. The van der Waals surface area contributed by atoms with Crippen LogP contribution in [-0.2, 0) is 9.59 Å². The Morgan fingerprint density at radius 3 is 2.78 bits per heavy atom. The normalized spacial score (nSPS) is 9.44. The molecule has 3 heteroatoms. The van der Waals surface area contributed by atoms with E-state index in [2.05, 4.69) is 5.32 Å². The first-order valence-corrected chi connectivity index (χ1v) is 2.71. The average Bonchev–Trinajstić information content (AvgIpc) is 1.85. The molecule has 0 aromatic carbocycles. The zero-order valence-corrected chi connectivity index (χ0v) is 5.26. The molecule has 0 heterocycles. The van der Waals surface area contributed by atoms with Gasteiger partial charge >= 0.3 is 0 Å². The summed E-state index contributed by atoms with van der Waals surface area (Å²) in [6.45, 7) is 2.40. The minimum atomic E-state index is -0.232. The first-order chi connectivity index (χ1) is 4.31. The van der Waals surface area contributed by atoms with E-state index in [9.17, 15) is 9.59 Å². The Bertz CT molecular complexity index is 129. The highest BCUT2D eigenvalue weighted by molar-refractivity contribution is 5.90. The smallest absolute Gasteiger partial charge is 0.244 e. The largest absolute Gasteiger partial charge is 0.353 e. The molecule has 1 amide bonds. The van der Waals surface area contributed by atoms with Crippen LogP contribution in [0.4, 0.5) is 0 Å². The molecule has 9 heavy (non-hydrogen) atoms. The van der Waals surface area contributed by atoms with Crippen LogP contribution in [0.5, 0.6) is 0 Å². The molecule has 0 rings (SSSR count). The fourth-order valence-electron chi connectivity index (χ4n) is 0.360. The van der Waals surface area contributed by atoms with E-state index in [-0.39, 0.29) is 5.91 Å². The summed E-state index contributed by atoms with van der Waals surface area (Å²) in [4.78, 5) is 20.1. The summed E-state index contributed by atoms with van der Waals surface area (Å²) in [5, 5.41) is 2.50. The Morgan fingerprint density at radius 1 is 1.67 bits per heavy atom. The van der Waals surface area contributed by atoms with Gasteiger partial charge in [0.1, 0.15) is 6.29 Å². The van der Waals surface area contributed by atoms with Gasteiger partial charge in [-0.1, -0.05) is 0 Å². The van der Waals surface area contributed by atoms with Crippen molar-refractivity contribution in [3.05, 3.63) is 12.2 Å². The Morgan fingerprint density at radius 2 is 2.33 bits per heavy atom. The number of carbonyl (C=O) groups excluding carboxylic acids is 2. The maximum absolute atomic E-state index is 10.4. The average molecular weight is 127 g/mol. The van der Waals surface area contributed by atoms with Gasteiger partial charge in [0, 0.05) is 12.6 Å². The third-order valence-corrected chi connectivity index (χ3v) is 0.677. The van der Waals surface area contributed by atoms with E-state index in [1.807, 2.05) is 6.92 Å². The number of nitrogens with one attached hydrogen (secondary N) is 1. The lowest BCUT2D eigenvalue weighted by atomic mass is 10.5. The van der Waals surface area contributed by atoms with Crippen molar-refractivity contribution in [1.29, 1.82) is 0 Å². The maximum Gasteiger partial charge on any atom is 0.244 e. The molecule has 0 bridgehead atoms. The molecule has 0 aliphatic rings. The molecule has 0 unspecified atom stereocenters. The van der Waals surface area contributed by atoms with Crippen LogP contribution in [0.2, 0.25) is 0 Å². The van der Waals surface area contributed by atoms with Gasteiger partial charge in [-0.2, -0.15) is 0 Å². The first-order valence-electron chi connectivity index (χ1n) is 2.71. The van der Waals surface area contributed by atoms with Crippen LogP contribution in [0, 0.1) is 0 Å². The maximum atomic E-state index is 10.4. The molecule has 3 nitrogen and oxygen atoms in total. The van der Waals surface area contributed by atoms with Crippen molar-refractivity contribution in [2.75, 3.05) is 6.54 Å². The molecule has 0 aliphatic heterocycles. The van der Waals surface area contributed by atoms with Crippen molar-refractivity contribution in [3.8, 4) is 0 Å². The zero-order valence-electron chi connectivity index (χ0n) is 5.26. The van der Waals surface area contributed by atoms with Crippen LogP contribution in [0.25, 0.3) is 0 Å². The summed E-state index contributed by atoms with van der Waals surface area (Å²) in [7, 11) is 0. The lowest BCUT2D eigenvalue weighted by Gasteiger charge is -1.91. The van der Waals surface area contributed by atoms with Gasteiger partial charge in [-0.25, -0.2) is 0 Å². The summed E-state index contributed by atoms with van der Waals surface area (Å²) in [5.41, 5.74) is 0. The molecule has 0 saturated carbocycles. The summed E-state index contributed by atoms with van der Waals surface area (Å²) in [6.07, 6.45) is 2.91. The summed E-state index contributed by atoms with van der Waals surface area (Å²) in [6, 6.07) is 0. The SMILES string of the molecule is CCNC(=O)/C=C\C=O. The van der Waals surface area contributed by atoms with Crippen LogP contribution >= 0.6 is 0 Å². The van der Waals surface area contributed by atoms with Gasteiger partial charge in [0.15, 0.2) is 0 Å². The molecular formula is C6H9NO2. The van der Waals surface area contributed by atoms with Crippen molar-refractivity contribution < 1.29 is 9.59 Å². The van der Waals surface area contributed by atoms with E-state index < -0.39 is 0 Å². The topological polar surface area (TPSA) is 46.2 Å². The lowest BCUT2D eigenvalue weighted by Crippen LogP contribution is -2.19. The van der Waals surface area contributed by atoms with Gasteiger partial charge in [-0.15, -0.1) is 0 Å². The molecule has 0 atom stereocenters. The number of carbonyl (C=O) groups is 2. The Labute approximate surface area is 53.7 Å². The molecule has 1 N–H and O–H groups in total. The number of aldehydes is 1. The number of hydrogen-bond donors (Lipinski definition) is 1. The predicted octanol–water partition coefficient (Wildman–Crippen LogP) is -0.122. The Balaban J connectivity index is 3.49. The number of amides is 1. The second-order valence-electron chi connectivity index (χ2n) is 1.39. The molecule has 0 saturated heterocycles. The number of allylic oxidation sites excluding steroid dienone is 1. The molecule has 50 valence electrons. The third kappa shape index (κ3) is 4.74. The van der Waals surface area contributed by atoms with E-state index in [4.69, 9.17) is 0 Å². The standard InChI is InChI=1S/C6H9NO2/c1-2-7-6(9)4-3-5-8/h3-5H,2H2,1H3,(H,7,9)/b4-3-. The van der Waals surface area contributed by atoms with Gasteiger partial charge in [0.05, 0.1) is 0 Å². The van der Waals surface area contributed by atoms with Crippen molar-refractivity contribution in [3.63, 3.8) is 0 Å². The van der Waals surface area contributed by atoms with Gasteiger partial charge < -0.3 is 5.32 Å². The van der Waals surface area contributed by atoms with Crippen molar-refractivity contribution >= 4 is 12.2 Å². The predicted molar refractivity (Wildman–Crippen MR) is 33.9 cm³/mol. The van der Waals surface area contributed by atoms with Crippen LogP contribution in [0.3, 0.4) is 0 Å². The van der Waals surface area contributed by atoms with Crippen LogP contribution in [0.1, 0.15) is 6.92 Å². The molecule has 0 aromatic rings. The van der Waals surface area contributed by atoms with Crippen LogP contribution < -0.4 is 5.32 Å². The molecule has 0 radical (unpaired) electrons.